The van der Waals surface area contributed by atoms with Crippen LogP contribution in [0.4, 0.5) is 0 Å². The summed E-state index contributed by atoms with van der Waals surface area (Å²) < 4.78 is 5.23. The van der Waals surface area contributed by atoms with Crippen molar-refractivity contribution in [3.63, 3.8) is 0 Å². The Morgan fingerprint density at radius 1 is 1.62 bits per heavy atom. The summed E-state index contributed by atoms with van der Waals surface area (Å²) in [6.07, 6.45) is 2.33. The molecule has 1 N–H and O–H groups in total. The number of aromatic nitrogens is 1. The van der Waals surface area contributed by atoms with Crippen molar-refractivity contribution in [1.29, 1.82) is 0 Å². The number of ether oxygens (including phenoxy) is 1. The Bertz CT molecular complexity index is 281. The van der Waals surface area contributed by atoms with Gasteiger partial charge in [-0.3, -0.25) is 0 Å². The van der Waals surface area contributed by atoms with Crippen molar-refractivity contribution < 1.29 is 14.6 Å². The van der Waals surface area contributed by atoms with Crippen molar-refractivity contribution >= 4 is 5.97 Å². The van der Waals surface area contributed by atoms with Crippen molar-refractivity contribution in [2.45, 2.75) is 13.3 Å². The first-order chi connectivity index (χ1) is 6.24. The Balaban J connectivity index is 2.64. The van der Waals surface area contributed by atoms with E-state index >= 15 is 0 Å². The first-order valence-electron chi connectivity index (χ1n) is 4.06. The van der Waals surface area contributed by atoms with Gasteiger partial charge in [0.1, 0.15) is 11.4 Å². The molecular weight excluding hydrogens is 170 g/mol. The van der Waals surface area contributed by atoms with Crippen LogP contribution in [-0.4, -0.2) is 22.7 Å². The maximum Gasteiger partial charge on any atom is 0.354 e. The van der Waals surface area contributed by atoms with Gasteiger partial charge >= 0.3 is 5.97 Å². The highest BCUT2D eigenvalue weighted by Gasteiger charge is 2.03. The lowest BCUT2D eigenvalue weighted by molar-refractivity contribution is 0.0690. The van der Waals surface area contributed by atoms with Gasteiger partial charge in [-0.25, -0.2) is 9.78 Å². The summed E-state index contributed by atoms with van der Waals surface area (Å²) in [6.45, 7) is 2.62. The molecule has 1 aromatic heterocycles. The van der Waals surface area contributed by atoms with E-state index in [1.54, 1.807) is 6.07 Å². The van der Waals surface area contributed by atoms with Crippen LogP contribution in [0.2, 0.25) is 0 Å². The zero-order chi connectivity index (χ0) is 9.68. The van der Waals surface area contributed by atoms with E-state index in [0.29, 0.717) is 12.4 Å². The fourth-order valence-corrected chi connectivity index (χ4v) is 0.812. The van der Waals surface area contributed by atoms with Crippen molar-refractivity contribution in [1.82, 2.24) is 4.98 Å². The van der Waals surface area contributed by atoms with E-state index in [1.807, 2.05) is 6.92 Å². The summed E-state index contributed by atoms with van der Waals surface area (Å²) >= 11 is 0. The molecule has 13 heavy (non-hydrogen) atoms. The summed E-state index contributed by atoms with van der Waals surface area (Å²) in [5, 5.41) is 8.55. The molecule has 70 valence electrons. The third kappa shape index (κ3) is 2.74. The largest absolute Gasteiger partial charge is 0.492 e. The monoisotopic (exact) mass is 181 g/mol. The second-order valence-electron chi connectivity index (χ2n) is 2.53. The van der Waals surface area contributed by atoms with E-state index in [0.717, 1.165) is 6.42 Å². The van der Waals surface area contributed by atoms with Crippen LogP contribution in [0.3, 0.4) is 0 Å². The number of rotatable bonds is 4. The smallest absolute Gasteiger partial charge is 0.354 e. The van der Waals surface area contributed by atoms with Crippen LogP contribution in [0, 0.1) is 0 Å². The number of carboxylic acids is 1. The third-order valence-electron chi connectivity index (χ3n) is 1.43. The fourth-order valence-electron chi connectivity index (χ4n) is 0.812. The Labute approximate surface area is 76.2 Å². The first kappa shape index (κ1) is 9.51. The molecule has 0 aliphatic heterocycles. The number of carboxylic acid groups (broad SMARTS) is 1. The summed E-state index contributed by atoms with van der Waals surface area (Å²) in [4.78, 5) is 14.1. The molecule has 4 heteroatoms. The van der Waals surface area contributed by atoms with E-state index in [4.69, 9.17) is 9.84 Å². The summed E-state index contributed by atoms with van der Waals surface area (Å²) in [7, 11) is 0. The van der Waals surface area contributed by atoms with Crippen molar-refractivity contribution in [3.05, 3.63) is 24.0 Å². The molecule has 1 heterocycles. The highest BCUT2D eigenvalue weighted by Crippen LogP contribution is 2.09. The van der Waals surface area contributed by atoms with E-state index in [9.17, 15) is 4.79 Å². The number of nitrogens with zero attached hydrogens (tertiary/aromatic N) is 1. The van der Waals surface area contributed by atoms with Crippen LogP contribution >= 0.6 is 0 Å². The quantitative estimate of drug-likeness (QED) is 0.765. The molecule has 0 unspecified atom stereocenters. The highest BCUT2D eigenvalue weighted by atomic mass is 16.5. The minimum Gasteiger partial charge on any atom is -0.492 e. The molecule has 0 spiro atoms. The average molecular weight is 181 g/mol. The molecular formula is C9H11NO3. The van der Waals surface area contributed by atoms with Crippen molar-refractivity contribution in [3.8, 4) is 5.75 Å². The zero-order valence-corrected chi connectivity index (χ0v) is 7.36. The second kappa shape index (κ2) is 4.45. The summed E-state index contributed by atoms with van der Waals surface area (Å²) in [5.41, 5.74) is 0.0313. The minimum atomic E-state index is -1.03. The fraction of sp³-hybridized carbons (Fsp3) is 0.333. The van der Waals surface area contributed by atoms with Gasteiger partial charge in [0.25, 0.3) is 0 Å². The third-order valence-corrected chi connectivity index (χ3v) is 1.43. The molecule has 0 atom stereocenters. The highest BCUT2D eigenvalue weighted by molar-refractivity contribution is 5.85. The molecule has 0 saturated heterocycles. The van der Waals surface area contributed by atoms with Gasteiger partial charge in [0, 0.05) is 0 Å². The van der Waals surface area contributed by atoms with E-state index < -0.39 is 5.97 Å². The molecule has 0 radical (unpaired) electrons. The molecule has 0 aliphatic carbocycles. The molecule has 0 aliphatic rings. The molecule has 0 amide bonds. The number of pyridine rings is 1. The van der Waals surface area contributed by atoms with Crippen LogP contribution in [0.1, 0.15) is 23.8 Å². The Morgan fingerprint density at radius 2 is 2.38 bits per heavy atom. The van der Waals surface area contributed by atoms with Gasteiger partial charge in [0.2, 0.25) is 0 Å². The first-order valence-corrected chi connectivity index (χ1v) is 4.06. The second-order valence-corrected chi connectivity index (χ2v) is 2.53. The predicted molar refractivity (Wildman–Crippen MR) is 47.0 cm³/mol. The summed E-state index contributed by atoms with van der Waals surface area (Å²) in [6, 6.07) is 3.03. The Hall–Kier alpha value is -1.58. The number of hydrogen-bond acceptors (Lipinski definition) is 3. The normalized spacial score (nSPS) is 9.62. The van der Waals surface area contributed by atoms with E-state index in [-0.39, 0.29) is 5.69 Å². The predicted octanol–water partition coefficient (Wildman–Crippen LogP) is 1.57. The maximum atomic E-state index is 10.4. The molecule has 4 nitrogen and oxygen atoms in total. The van der Waals surface area contributed by atoms with Crippen molar-refractivity contribution in [2.75, 3.05) is 6.61 Å². The Morgan fingerprint density at radius 3 is 2.85 bits per heavy atom. The molecule has 0 saturated carbocycles. The maximum absolute atomic E-state index is 10.4. The lowest BCUT2D eigenvalue weighted by atomic mass is 10.3. The molecule has 1 rings (SSSR count). The van der Waals surface area contributed by atoms with Crippen LogP contribution in [0.15, 0.2) is 18.3 Å². The van der Waals surface area contributed by atoms with E-state index in [2.05, 4.69) is 4.98 Å². The molecule has 1 aromatic rings. The minimum absolute atomic E-state index is 0.0313. The summed E-state index contributed by atoms with van der Waals surface area (Å²) in [5.74, 6) is -0.422. The van der Waals surface area contributed by atoms with Crippen LogP contribution in [0.25, 0.3) is 0 Å². The molecule has 0 aromatic carbocycles. The molecule has 0 fully saturated rings. The lowest BCUT2D eigenvalue weighted by Gasteiger charge is -2.02. The van der Waals surface area contributed by atoms with Gasteiger partial charge in [-0.05, 0) is 18.6 Å². The van der Waals surface area contributed by atoms with Crippen LogP contribution < -0.4 is 4.74 Å². The SMILES string of the molecule is CCCOc1ccc(C(=O)O)nc1. The van der Waals surface area contributed by atoms with Gasteiger partial charge < -0.3 is 9.84 Å². The van der Waals surface area contributed by atoms with Gasteiger partial charge in [0.15, 0.2) is 0 Å². The van der Waals surface area contributed by atoms with Crippen LogP contribution in [-0.2, 0) is 0 Å². The van der Waals surface area contributed by atoms with Crippen molar-refractivity contribution in [2.24, 2.45) is 0 Å². The van der Waals surface area contributed by atoms with Gasteiger partial charge in [-0.2, -0.15) is 0 Å². The van der Waals surface area contributed by atoms with Crippen LogP contribution in [0.5, 0.6) is 5.75 Å². The van der Waals surface area contributed by atoms with Gasteiger partial charge in [-0.15, -0.1) is 0 Å². The molecule has 0 bridgehead atoms. The van der Waals surface area contributed by atoms with Gasteiger partial charge in [0.05, 0.1) is 12.8 Å². The number of carbonyl (C=O) groups is 1. The van der Waals surface area contributed by atoms with E-state index in [1.165, 1.54) is 12.3 Å². The Kier molecular flexibility index (Phi) is 3.25. The average Bonchev–Trinajstić information content (AvgIpc) is 2.15. The number of aromatic carboxylic acids is 1. The zero-order valence-electron chi connectivity index (χ0n) is 7.36. The number of hydrogen-bond donors (Lipinski definition) is 1. The topological polar surface area (TPSA) is 59.4 Å². The standard InChI is InChI=1S/C9H11NO3/c1-2-5-13-7-3-4-8(9(11)12)10-6-7/h3-4,6H,2,5H2,1H3,(H,11,12). The van der Waals surface area contributed by atoms with Gasteiger partial charge in [-0.1, -0.05) is 6.92 Å². The lowest BCUT2D eigenvalue weighted by Crippen LogP contribution is -2.01.